The molecule has 3 nitrogen and oxygen atoms in total. The number of nitrogens with one attached hydrogen (secondary N) is 1. The summed E-state index contributed by atoms with van der Waals surface area (Å²) in [6.07, 6.45) is 0.967. The zero-order valence-electron chi connectivity index (χ0n) is 9.50. The summed E-state index contributed by atoms with van der Waals surface area (Å²) in [5, 5.41) is 2.79. The van der Waals surface area contributed by atoms with E-state index in [4.69, 9.17) is 4.74 Å². The maximum Gasteiger partial charge on any atom is 0.237 e. The van der Waals surface area contributed by atoms with Crippen LogP contribution in [-0.4, -0.2) is 17.3 Å². The predicted molar refractivity (Wildman–Crippen MR) is 69.2 cm³/mol. The lowest BCUT2D eigenvalue weighted by Gasteiger charge is -2.09. The standard InChI is InChI=1S/C12H16BrNO2/c1-3-7-16-11-6-4-5-10(8-11)14-12(15)9(2)13/h4-6,8-9H,3,7H2,1-2H3,(H,14,15). The maximum atomic E-state index is 11.4. The minimum absolute atomic E-state index is 0.0624. The Hall–Kier alpha value is -1.03. The molecule has 1 amide bonds. The summed E-state index contributed by atoms with van der Waals surface area (Å²) in [4.78, 5) is 11.2. The van der Waals surface area contributed by atoms with Crippen LogP contribution in [0.5, 0.6) is 5.75 Å². The third kappa shape index (κ3) is 4.23. The fourth-order valence-electron chi connectivity index (χ4n) is 1.13. The van der Waals surface area contributed by atoms with Crippen molar-refractivity contribution in [2.75, 3.05) is 11.9 Å². The number of halogens is 1. The van der Waals surface area contributed by atoms with Crippen molar-refractivity contribution in [2.24, 2.45) is 0 Å². The molecule has 88 valence electrons. The molecule has 0 radical (unpaired) electrons. The van der Waals surface area contributed by atoms with E-state index in [-0.39, 0.29) is 10.7 Å². The number of ether oxygens (including phenoxy) is 1. The Balaban J connectivity index is 2.63. The van der Waals surface area contributed by atoms with Gasteiger partial charge in [-0.05, 0) is 25.5 Å². The molecule has 0 bridgehead atoms. The highest BCUT2D eigenvalue weighted by molar-refractivity contribution is 9.10. The van der Waals surface area contributed by atoms with Gasteiger partial charge in [0.2, 0.25) is 5.91 Å². The van der Waals surface area contributed by atoms with Gasteiger partial charge in [-0.25, -0.2) is 0 Å². The second-order valence-electron chi connectivity index (χ2n) is 3.48. The van der Waals surface area contributed by atoms with E-state index in [9.17, 15) is 4.79 Å². The van der Waals surface area contributed by atoms with Crippen LogP contribution in [0.1, 0.15) is 20.3 Å². The van der Waals surface area contributed by atoms with Gasteiger partial charge in [-0.1, -0.05) is 28.9 Å². The first-order valence-corrected chi connectivity index (χ1v) is 6.23. The molecule has 1 aromatic rings. The molecule has 1 unspecified atom stereocenters. The third-order valence-corrected chi connectivity index (χ3v) is 2.35. The van der Waals surface area contributed by atoms with Crippen molar-refractivity contribution in [3.63, 3.8) is 0 Å². The SMILES string of the molecule is CCCOc1cccc(NC(=O)C(C)Br)c1. The van der Waals surface area contributed by atoms with E-state index in [1.54, 1.807) is 6.92 Å². The fourth-order valence-corrected chi connectivity index (χ4v) is 1.24. The molecule has 1 N–H and O–H groups in total. The number of benzene rings is 1. The fraction of sp³-hybridized carbons (Fsp3) is 0.417. The van der Waals surface area contributed by atoms with Crippen LogP contribution in [0, 0.1) is 0 Å². The van der Waals surface area contributed by atoms with Gasteiger partial charge in [-0.2, -0.15) is 0 Å². The van der Waals surface area contributed by atoms with Gasteiger partial charge < -0.3 is 10.1 Å². The van der Waals surface area contributed by atoms with Crippen LogP contribution in [0.4, 0.5) is 5.69 Å². The molecular formula is C12H16BrNO2. The highest BCUT2D eigenvalue weighted by atomic mass is 79.9. The highest BCUT2D eigenvalue weighted by Crippen LogP contribution is 2.18. The Morgan fingerprint density at radius 1 is 1.56 bits per heavy atom. The van der Waals surface area contributed by atoms with Gasteiger partial charge in [-0.3, -0.25) is 4.79 Å². The summed E-state index contributed by atoms with van der Waals surface area (Å²) in [5.41, 5.74) is 0.755. The molecule has 0 saturated carbocycles. The van der Waals surface area contributed by atoms with Crippen LogP contribution < -0.4 is 10.1 Å². The number of anilines is 1. The summed E-state index contributed by atoms with van der Waals surface area (Å²) in [6, 6.07) is 7.40. The Morgan fingerprint density at radius 2 is 2.31 bits per heavy atom. The summed E-state index contributed by atoms with van der Waals surface area (Å²) in [5.74, 6) is 0.717. The molecule has 0 aromatic heterocycles. The van der Waals surface area contributed by atoms with Gasteiger partial charge in [0.1, 0.15) is 5.75 Å². The van der Waals surface area contributed by atoms with E-state index in [0.717, 1.165) is 17.9 Å². The molecule has 0 heterocycles. The summed E-state index contributed by atoms with van der Waals surface area (Å²) in [7, 11) is 0. The van der Waals surface area contributed by atoms with Crippen LogP contribution >= 0.6 is 15.9 Å². The van der Waals surface area contributed by atoms with Crippen LogP contribution in [0.3, 0.4) is 0 Å². The first-order chi connectivity index (χ1) is 7.63. The van der Waals surface area contributed by atoms with Gasteiger partial charge in [0, 0.05) is 11.8 Å². The molecule has 1 aromatic carbocycles. The van der Waals surface area contributed by atoms with E-state index in [1.165, 1.54) is 0 Å². The second kappa shape index (κ2) is 6.53. The summed E-state index contributed by atoms with van der Waals surface area (Å²) < 4.78 is 5.47. The van der Waals surface area contributed by atoms with Crippen molar-refractivity contribution in [1.29, 1.82) is 0 Å². The van der Waals surface area contributed by atoms with Gasteiger partial charge in [0.15, 0.2) is 0 Å². The zero-order chi connectivity index (χ0) is 12.0. The normalized spacial score (nSPS) is 11.9. The molecule has 0 spiro atoms. The minimum atomic E-state index is -0.201. The minimum Gasteiger partial charge on any atom is -0.494 e. The van der Waals surface area contributed by atoms with Gasteiger partial charge in [0.25, 0.3) is 0 Å². The first kappa shape index (κ1) is 13.0. The van der Waals surface area contributed by atoms with Crippen molar-refractivity contribution in [1.82, 2.24) is 0 Å². The van der Waals surface area contributed by atoms with Crippen molar-refractivity contribution < 1.29 is 9.53 Å². The second-order valence-corrected chi connectivity index (χ2v) is 4.86. The molecule has 0 aliphatic carbocycles. The summed E-state index contributed by atoms with van der Waals surface area (Å²) in [6.45, 7) is 4.52. The molecule has 1 rings (SSSR count). The van der Waals surface area contributed by atoms with E-state index in [2.05, 4.69) is 28.2 Å². The number of carbonyl (C=O) groups excluding carboxylic acids is 1. The van der Waals surface area contributed by atoms with Crippen LogP contribution in [-0.2, 0) is 4.79 Å². The van der Waals surface area contributed by atoms with Crippen LogP contribution in [0.15, 0.2) is 24.3 Å². The van der Waals surface area contributed by atoms with Gasteiger partial charge >= 0.3 is 0 Å². The topological polar surface area (TPSA) is 38.3 Å². The van der Waals surface area contributed by atoms with E-state index >= 15 is 0 Å². The molecule has 4 heteroatoms. The Labute approximate surface area is 104 Å². The van der Waals surface area contributed by atoms with Crippen molar-refractivity contribution in [3.05, 3.63) is 24.3 Å². The lowest BCUT2D eigenvalue weighted by molar-refractivity contribution is -0.115. The smallest absolute Gasteiger partial charge is 0.237 e. The lowest BCUT2D eigenvalue weighted by Crippen LogP contribution is -2.19. The molecule has 0 aliphatic heterocycles. The molecule has 0 fully saturated rings. The summed E-state index contributed by atoms with van der Waals surface area (Å²) >= 11 is 3.21. The average Bonchev–Trinajstić information content (AvgIpc) is 2.26. The molecular weight excluding hydrogens is 270 g/mol. The zero-order valence-corrected chi connectivity index (χ0v) is 11.1. The van der Waals surface area contributed by atoms with Crippen molar-refractivity contribution in [3.8, 4) is 5.75 Å². The number of carbonyl (C=O) groups is 1. The van der Waals surface area contributed by atoms with E-state index < -0.39 is 0 Å². The lowest BCUT2D eigenvalue weighted by atomic mass is 10.3. The largest absolute Gasteiger partial charge is 0.494 e. The Morgan fingerprint density at radius 3 is 2.94 bits per heavy atom. The molecule has 16 heavy (non-hydrogen) atoms. The average molecular weight is 286 g/mol. The number of amides is 1. The highest BCUT2D eigenvalue weighted by Gasteiger charge is 2.08. The quantitative estimate of drug-likeness (QED) is 0.844. The van der Waals surface area contributed by atoms with Crippen LogP contribution in [0.2, 0.25) is 0 Å². The van der Waals surface area contributed by atoms with Gasteiger partial charge in [-0.15, -0.1) is 0 Å². The van der Waals surface area contributed by atoms with Gasteiger partial charge in [0.05, 0.1) is 11.4 Å². The van der Waals surface area contributed by atoms with E-state index in [1.807, 2.05) is 24.3 Å². The number of alkyl halides is 1. The first-order valence-electron chi connectivity index (χ1n) is 5.31. The van der Waals surface area contributed by atoms with Crippen molar-refractivity contribution >= 4 is 27.5 Å². The molecule has 1 atom stereocenters. The predicted octanol–water partition coefficient (Wildman–Crippen LogP) is 3.20. The Kier molecular flexibility index (Phi) is 5.32. The van der Waals surface area contributed by atoms with Crippen molar-refractivity contribution in [2.45, 2.75) is 25.1 Å². The molecule has 0 saturated heterocycles. The number of hydrogen-bond donors (Lipinski definition) is 1. The Bertz CT molecular complexity index is 353. The van der Waals surface area contributed by atoms with Crippen LogP contribution in [0.25, 0.3) is 0 Å². The maximum absolute atomic E-state index is 11.4. The molecule has 0 aliphatic rings. The third-order valence-electron chi connectivity index (χ3n) is 1.94. The van der Waals surface area contributed by atoms with E-state index in [0.29, 0.717) is 6.61 Å². The number of hydrogen-bond acceptors (Lipinski definition) is 2. The monoisotopic (exact) mass is 285 g/mol. The number of rotatable bonds is 5.